The number of quaternary nitrogens is 1. The third-order valence-electron chi connectivity index (χ3n) is 2.37. The zero-order chi connectivity index (χ0) is 9.97. The molecule has 1 N–H and O–H groups in total. The van der Waals surface area contributed by atoms with Gasteiger partial charge in [0.25, 0.3) is 0 Å². The summed E-state index contributed by atoms with van der Waals surface area (Å²) in [7, 11) is 0. The Bertz CT molecular complexity index is 308. The molecule has 14 heavy (non-hydrogen) atoms. The van der Waals surface area contributed by atoms with E-state index in [4.69, 9.17) is 23.2 Å². The van der Waals surface area contributed by atoms with Gasteiger partial charge in [0.05, 0.1) is 17.4 Å². The molecule has 1 aromatic heterocycles. The summed E-state index contributed by atoms with van der Waals surface area (Å²) in [4.78, 5) is 1.63. The standard InChI is InChI=1S/C9H11Cl2NS2/c10-8-5-7(9(11)14-8)6-12-1-3-13-4-2-12/h5H,1-4,6H2/p+1. The van der Waals surface area contributed by atoms with Gasteiger partial charge >= 0.3 is 0 Å². The maximum Gasteiger partial charge on any atom is 0.105 e. The molecule has 0 atom stereocenters. The van der Waals surface area contributed by atoms with Gasteiger partial charge in [0, 0.05) is 17.1 Å². The molecular formula is C9H12Cl2NS2+. The van der Waals surface area contributed by atoms with Crippen LogP contribution in [0.25, 0.3) is 0 Å². The number of thiophene rings is 1. The Hall–Kier alpha value is 0.590. The summed E-state index contributed by atoms with van der Waals surface area (Å²) in [5, 5.41) is 0. The Labute approximate surface area is 102 Å². The van der Waals surface area contributed by atoms with Crippen LogP contribution in [0.5, 0.6) is 0 Å². The zero-order valence-corrected chi connectivity index (χ0v) is 10.8. The van der Waals surface area contributed by atoms with Gasteiger partial charge in [-0.05, 0) is 6.07 Å². The van der Waals surface area contributed by atoms with Crippen LogP contribution in [0.2, 0.25) is 8.67 Å². The second-order valence-electron chi connectivity index (χ2n) is 3.39. The maximum atomic E-state index is 6.08. The van der Waals surface area contributed by atoms with Gasteiger partial charge in [-0.3, -0.25) is 0 Å². The first-order chi connectivity index (χ1) is 6.75. The maximum absolute atomic E-state index is 6.08. The third kappa shape index (κ3) is 2.80. The average Bonchev–Trinajstić information content (AvgIpc) is 2.47. The van der Waals surface area contributed by atoms with Crippen molar-refractivity contribution in [3.63, 3.8) is 0 Å². The van der Waals surface area contributed by atoms with Gasteiger partial charge in [0.2, 0.25) is 0 Å². The summed E-state index contributed by atoms with van der Waals surface area (Å²) < 4.78 is 1.66. The number of hydrogen-bond donors (Lipinski definition) is 1. The Balaban J connectivity index is 1.98. The minimum Gasteiger partial charge on any atom is -0.330 e. The van der Waals surface area contributed by atoms with Crippen molar-refractivity contribution in [2.24, 2.45) is 0 Å². The monoisotopic (exact) mass is 268 g/mol. The molecule has 0 saturated carbocycles. The van der Waals surface area contributed by atoms with Crippen molar-refractivity contribution in [2.75, 3.05) is 24.6 Å². The molecule has 0 aliphatic carbocycles. The fraction of sp³-hybridized carbons (Fsp3) is 0.556. The van der Waals surface area contributed by atoms with Crippen LogP contribution in [0.4, 0.5) is 0 Å². The van der Waals surface area contributed by atoms with Crippen LogP contribution in [-0.2, 0) is 6.54 Å². The molecule has 2 rings (SSSR count). The van der Waals surface area contributed by atoms with Crippen LogP contribution < -0.4 is 4.90 Å². The minimum absolute atomic E-state index is 0.802. The lowest BCUT2D eigenvalue weighted by Crippen LogP contribution is -3.12. The van der Waals surface area contributed by atoms with E-state index in [1.165, 1.54) is 41.5 Å². The van der Waals surface area contributed by atoms with Crippen molar-refractivity contribution in [3.05, 3.63) is 20.3 Å². The quantitative estimate of drug-likeness (QED) is 0.862. The molecule has 0 aromatic carbocycles. The number of halogens is 2. The molecule has 78 valence electrons. The second kappa shape index (κ2) is 5.08. The van der Waals surface area contributed by atoms with Crippen molar-refractivity contribution < 1.29 is 4.90 Å². The molecule has 0 amide bonds. The molecule has 1 aliphatic heterocycles. The Morgan fingerprint density at radius 2 is 2.00 bits per heavy atom. The SMILES string of the molecule is Clc1cc(C[NH+]2CCSCC2)c(Cl)s1. The highest BCUT2D eigenvalue weighted by Gasteiger charge is 2.17. The Kier molecular flexibility index (Phi) is 4.02. The fourth-order valence-corrected chi connectivity index (χ4v) is 4.16. The molecule has 1 fully saturated rings. The Morgan fingerprint density at radius 1 is 1.29 bits per heavy atom. The second-order valence-corrected chi connectivity index (χ2v) is 6.90. The molecule has 5 heteroatoms. The van der Waals surface area contributed by atoms with Crippen LogP contribution in [0.15, 0.2) is 6.07 Å². The predicted octanol–water partition coefficient (Wildman–Crippen LogP) is 2.19. The van der Waals surface area contributed by atoms with Crippen LogP contribution in [0.1, 0.15) is 5.56 Å². The van der Waals surface area contributed by atoms with E-state index >= 15 is 0 Å². The molecule has 2 heterocycles. The highest BCUT2D eigenvalue weighted by atomic mass is 35.5. The lowest BCUT2D eigenvalue weighted by molar-refractivity contribution is -0.910. The van der Waals surface area contributed by atoms with E-state index in [-0.39, 0.29) is 0 Å². The topological polar surface area (TPSA) is 4.44 Å². The van der Waals surface area contributed by atoms with E-state index < -0.39 is 0 Å². The van der Waals surface area contributed by atoms with Crippen molar-refractivity contribution in [2.45, 2.75) is 6.54 Å². The first kappa shape index (κ1) is 11.1. The van der Waals surface area contributed by atoms with Gasteiger partial charge in [0.1, 0.15) is 10.9 Å². The smallest absolute Gasteiger partial charge is 0.105 e. The molecule has 1 nitrogen and oxygen atoms in total. The van der Waals surface area contributed by atoms with Gasteiger partial charge < -0.3 is 4.90 Å². The largest absolute Gasteiger partial charge is 0.330 e. The van der Waals surface area contributed by atoms with Gasteiger partial charge in [-0.1, -0.05) is 23.2 Å². The highest BCUT2D eigenvalue weighted by molar-refractivity contribution is 7.99. The lowest BCUT2D eigenvalue weighted by atomic mass is 10.3. The van der Waals surface area contributed by atoms with Crippen molar-refractivity contribution in [3.8, 4) is 0 Å². The van der Waals surface area contributed by atoms with Crippen LogP contribution in [0, 0.1) is 0 Å². The molecule has 0 radical (unpaired) electrons. The number of hydrogen-bond acceptors (Lipinski definition) is 2. The first-order valence-electron chi connectivity index (χ1n) is 4.61. The number of thioether (sulfide) groups is 1. The van der Waals surface area contributed by atoms with Crippen LogP contribution >= 0.6 is 46.3 Å². The molecule has 0 bridgehead atoms. The van der Waals surface area contributed by atoms with Crippen LogP contribution in [0.3, 0.4) is 0 Å². The molecule has 1 saturated heterocycles. The summed E-state index contributed by atoms with van der Waals surface area (Å²) in [6, 6.07) is 2.00. The van der Waals surface area contributed by atoms with E-state index in [1.807, 2.05) is 17.8 Å². The van der Waals surface area contributed by atoms with Crippen molar-refractivity contribution in [1.29, 1.82) is 0 Å². The molecule has 1 aromatic rings. The van der Waals surface area contributed by atoms with Crippen LogP contribution in [-0.4, -0.2) is 24.6 Å². The van der Waals surface area contributed by atoms with E-state index in [1.54, 1.807) is 4.90 Å². The van der Waals surface area contributed by atoms with Gasteiger partial charge in [-0.25, -0.2) is 0 Å². The van der Waals surface area contributed by atoms with E-state index in [0.29, 0.717) is 0 Å². The number of rotatable bonds is 2. The van der Waals surface area contributed by atoms with E-state index in [9.17, 15) is 0 Å². The summed E-state index contributed by atoms with van der Waals surface area (Å²) in [6.45, 7) is 3.52. The van der Waals surface area contributed by atoms with Crippen molar-refractivity contribution in [1.82, 2.24) is 0 Å². The summed E-state index contributed by atoms with van der Waals surface area (Å²) >= 11 is 15.5. The highest BCUT2D eigenvalue weighted by Crippen LogP contribution is 2.30. The van der Waals surface area contributed by atoms with Crippen molar-refractivity contribution >= 4 is 46.3 Å². The van der Waals surface area contributed by atoms with Gasteiger partial charge in [-0.15, -0.1) is 11.3 Å². The fourth-order valence-electron chi connectivity index (χ4n) is 1.60. The number of nitrogens with one attached hydrogen (secondary N) is 1. The average molecular weight is 269 g/mol. The van der Waals surface area contributed by atoms with E-state index in [2.05, 4.69) is 0 Å². The summed E-state index contributed by atoms with van der Waals surface area (Å²) in [6.07, 6.45) is 0. The lowest BCUT2D eigenvalue weighted by Gasteiger charge is -2.22. The molecule has 0 unspecified atom stereocenters. The third-order valence-corrected chi connectivity index (χ3v) is 4.92. The first-order valence-corrected chi connectivity index (χ1v) is 7.33. The minimum atomic E-state index is 0.802. The zero-order valence-electron chi connectivity index (χ0n) is 7.69. The normalized spacial score (nSPS) is 18.7. The van der Waals surface area contributed by atoms with Gasteiger partial charge in [0.15, 0.2) is 0 Å². The molecular weight excluding hydrogens is 257 g/mol. The predicted molar refractivity (Wildman–Crippen MR) is 66.1 cm³/mol. The Morgan fingerprint density at radius 3 is 2.57 bits per heavy atom. The summed E-state index contributed by atoms with van der Waals surface area (Å²) in [5.74, 6) is 2.54. The molecule has 1 aliphatic rings. The molecule has 0 spiro atoms. The summed E-state index contributed by atoms with van der Waals surface area (Å²) in [5.41, 5.74) is 1.21. The van der Waals surface area contributed by atoms with E-state index in [0.717, 1.165) is 15.2 Å². The van der Waals surface area contributed by atoms with Gasteiger partial charge in [-0.2, -0.15) is 11.8 Å².